The molecule has 1 saturated heterocycles. The number of hydrogen-bond donors (Lipinski definition) is 0. The number of benzene rings is 1. The van der Waals surface area contributed by atoms with Crippen molar-refractivity contribution in [3.63, 3.8) is 0 Å². The van der Waals surface area contributed by atoms with E-state index in [1.807, 2.05) is 6.07 Å². The Morgan fingerprint density at radius 2 is 2.19 bits per heavy atom. The van der Waals surface area contributed by atoms with Gasteiger partial charge in [0.15, 0.2) is 0 Å². The summed E-state index contributed by atoms with van der Waals surface area (Å²) < 4.78 is 0. The van der Waals surface area contributed by atoms with Gasteiger partial charge in [-0.05, 0) is 24.4 Å². The van der Waals surface area contributed by atoms with Gasteiger partial charge in [0.05, 0.1) is 6.04 Å². The van der Waals surface area contributed by atoms with Crippen molar-refractivity contribution in [1.82, 2.24) is 4.90 Å². The van der Waals surface area contributed by atoms with Crippen LogP contribution >= 0.6 is 0 Å². The lowest BCUT2D eigenvalue weighted by atomic mass is 10.2. The molecule has 0 bridgehead atoms. The zero-order valence-electron chi connectivity index (χ0n) is 9.45. The monoisotopic (exact) mass is 216 g/mol. The van der Waals surface area contributed by atoms with E-state index in [4.69, 9.17) is 5.53 Å². The first kappa shape index (κ1) is 11.0. The van der Waals surface area contributed by atoms with Gasteiger partial charge < -0.3 is 0 Å². The smallest absolute Gasteiger partial charge is 0.0516 e. The predicted octanol–water partition coefficient (Wildman–Crippen LogP) is 2.96. The maximum absolute atomic E-state index is 8.43. The van der Waals surface area contributed by atoms with Crippen molar-refractivity contribution in [3.05, 3.63) is 46.3 Å². The molecule has 1 heterocycles. The van der Waals surface area contributed by atoms with E-state index in [0.717, 1.165) is 19.5 Å². The molecule has 16 heavy (non-hydrogen) atoms. The fourth-order valence-corrected chi connectivity index (χ4v) is 2.26. The molecule has 4 nitrogen and oxygen atoms in total. The lowest BCUT2D eigenvalue weighted by Gasteiger charge is -2.20. The second-order valence-electron chi connectivity index (χ2n) is 4.36. The van der Waals surface area contributed by atoms with Crippen LogP contribution in [0, 0.1) is 0 Å². The minimum Gasteiger partial charge on any atom is -0.296 e. The van der Waals surface area contributed by atoms with E-state index in [0.29, 0.717) is 6.04 Å². The number of rotatable bonds is 3. The fourth-order valence-electron chi connectivity index (χ4n) is 2.26. The van der Waals surface area contributed by atoms with Gasteiger partial charge in [-0.3, -0.25) is 4.90 Å². The lowest BCUT2D eigenvalue weighted by Crippen LogP contribution is -2.26. The minimum absolute atomic E-state index is 0.142. The van der Waals surface area contributed by atoms with Crippen molar-refractivity contribution in [2.24, 2.45) is 5.11 Å². The number of azide groups is 1. The average molecular weight is 216 g/mol. The Kier molecular flexibility index (Phi) is 3.44. The summed E-state index contributed by atoms with van der Waals surface area (Å²) in [7, 11) is 0. The van der Waals surface area contributed by atoms with Gasteiger partial charge in [-0.15, -0.1) is 0 Å². The molecule has 0 unspecified atom stereocenters. The molecule has 4 heteroatoms. The first-order valence-electron chi connectivity index (χ1n) is 5.62. The average Bonchev–Trinajstić information content (AvgIpc) is 2.61. The van der Waals surface area contributed by atoms with Crippen molar-refractivity contribution < 1.29 is 0 Å². The molecule has 0 spiro atoms. The van der Waals surface area contributed by atoms with E-state index in [1.165, 1.54) is 5.56 Å². The summed E-state index contributed by atoms with van der Waals surface area (Å²) >= 11 is 0. The maximum atomic E-state index is 8.43. The number of nitrogens with zero attached hydrogens (tertiary/aromatic N) is 4. The molecule has 0 radical (unpaired) electrons. The van der Waals surface area contributed by atoms with Crippen LogP contribution in [0.3, 0.4) is 0 Å². The normalized spacial score (nSPS) is 25.3. The van der Waals surface area contributed by atoms with Gasteiger partial charge >= 0.3 is 0 Å². The third-order valence-corrected chi connectivity index (χ3v) is 3.13. The first-order valence-corrected chi connectivity index (χ1v) is 5.62. The Balaban J connectivity index is 1.99. The molecule has 1 aromatic rings. The second kappa shape index (κ2) is 5.01. The Labute approximate surface area is 95.5 Å². The molecule has 84 valence electrons. The zero-order valence-corrected chi connectivity index (χ0v) is 9.45. The molecule has 2 rings (SSSR count). The molecule has 0 aromatic heterocycles. The van der Waals surface area contributed by atoms with Crippen LogP contribution in [-0.2, 0) is 6.54 Å². The standard InChI is InChI=1S/C12H16N4/c1-10-7-12(14-15-13)9-16(10)8-11-5-3-2-4-6-11/h2-6,10,12H,7-9H2,1H3/t10-,12+/m1/s1. The first-order chi connectivity index (χ1) is 7.79. The second-order valence-corrected chi connectivity index (χ2v) is 4.36. The predicted molar refractivity (Wildman–Crippen MR) is 63.9 cm³/mol. The highest BCUT2D eigenvalue weighted by molar-refractivity contribution is 5.15. The highest BCUT2D eigenvalue weighted by Crippen LogP contribution is 2.22. The molecule has 0 saturated carbocycles. The van der Waals surface area contributed by atoms with Gasteiger partial charge in [0.25, 0.3) is 0 Å². The largest absolute Gasteiger partial charge is 0.296 e. The van der Waals surface area contributed by atoms with Crippen molar-refractivity contribution >= 4 is 0 Å². The molecular formula is C12H16N4. The van der Waals surface area contributed by atoms with Crippen molar-refractivity contribution in [2.75, 3.05) is 6.54 Å². The summed E-state index contributed by atoms with van der Waals surface area (Å²) in [5, 5.41) is 3.80. The Hall–Kier alpha value is -1.51. The van der Waals surface area contributed by atoms with Crippen LogP contribution in [0.1, 0.15) is 18.9 Å². The van der Waals surface area contributed by atoms with Crippen molar-refractivity contribution in [3.8, 4) is 0 Å². The Bertz CT molecular complexity index is 383. The summed E-state index contributed by atoms with van der Waals surface area (Å²) in [5.74, 6) is 0. The van der Waals surface area contributed by atoms with E-state index < -0.39 is 0 Å². The van der Waals surface area contributed by atoms with Crippen LogP contribution in [-0.4, -0.2) is 23.5 Å². The van der Waals surface area contributed by atoms with Gasteiger partial charge in [-0.25, -0.2) is 0 Å². The molecule has 2 atom stereocenters. The Morgan fingerprint density at radius 1 is 1.44 bits per heavy atom. The molecule has 1 aliphatic rings. The van der Waals surface area contributed by atoms with Crippen molar-refractivity contribution in [1.29, 1.82) is 0 Å². The number of likely N-dealkylation sites (tertiary alicyclic amines) is 1. The zero-order chi connectivity index (χ0) is 11.4. The number of hydrogen-bond acceptors (Lipinski definition) is 2. The lowest BCUT2D eigenvalue weighted by molar-refractivity contribution is 0.259. The van der Waals surface area contributed by atoms with Gasteiger partial charge in [-0.1, -0.05) is 35.4 Å². The van der Waals surface area contributed by atoms with Crippen LogP contribution in [0.2, 0.25) is 0 Å². The van der Waals surface area contributed by atoms with Crippen LogP contribution in [0.25, 0.3) is 10.4 Å². The van der Waals surface area contributed by atoms with E-state index >= 15 is 0 Å². The summed E-state index contributed by atoms with van der Waals surface area (Å²) in [4.78, 5) is 5.26. The fraction of sp³-hybridized carbons (Fsp3) is 0.500. The van der Waals surface area contributed by atoms with Gasteiger partial charge in [-0.2, -0.15) is 0 Å². The van der Waals surface area contributed by atoms with E-state index in [-0.39, 0.29) is 6.04 Å². The molecule has 1 fully saturated rings. The Morgan fingerprint density at radius 3 is 2.88 bits per heavy atom. The molecule has 0 N–H and O–H groups in total. The maximum Gasteiger partial charge on any atom is 0.0516 e. The van der Waals surface area contributed by atoms with Crippen LogP contribution < -0.4 is 0 Å². The van der Waals surface area contributed by atoms with Crippen LogP contribution in [0.4, 0.5) is 0 Å². The summed E-state index contributed by atoms with van der Waals surface area (Å²) in [6, 6.07) is 11.0. The van der Waals surface area contributed by atoms with E-state index in [2.05, 4.69) is 46.1 Å². The van der Waals surface area contributed by atoms with Gasteiger partial charge in [0.2, 0.25) is 0 Å². The van der Waals surface area contributed by atoms with Crippen LogP contribution in [0.15, 0.2) is 35.4 Å². The van der Waals surface area contributed by atoms with Gasteiger partial charge in [0, 0.05) is 24.0 Å². The molecule has 0 aliphatic carbocycles. The van der Waals surface area contributed by atoms with E-state index in [1.54, 1.807) is 0 Å². The molecule has 0 amide bonds. The highest BCUT2D eigenvalue weighted by Gasteiger charge is 2.27. The topological polar surface area (TPSA) is 52.0 Å². The highest BCUT2D eigenvalue weighted by atomic mass is 15.2. The summed E-state index contributed by atoms with van der Waals surface area (Å²) in [6.07, 6.45) is 0.969. The molecular weight excluding hydrogens is 200 g/mol. The molecule has 1 aliphatic heterocycles. The SMILES string of the molecule is C[C@@H]1C[C@H](N=[N+]=[N-])CN1Cc1ccccc1. The molecule has 1 aromatic carbocycles. The third kappa shape index (κ3) is 2.54. The summed E-state index contributed by atoms with van der Waals surface area (Å²) in [6.45, 7) is 4.01. The minimum atomic E-state index is 0.142. The third-order valence-electron chi connectivity index (χ3n) is 3.13. The quantitative estimate of drug-likeness (QED) is 0.435. The van der Waals surface area contributed by atoms with Crippen LogP contribution in [0.5, 0.6) is 0 Å². The van der Waals surface area contributed by atoms with E-state index in [9.17, 15) is 0 Å². The summed E-state index contributed by atoms with van der Waals surface area (Å²) in [5.41, 5.74) is 9.74. The van der Waals surface area contributed by atoms with Gasteiger partial charge in [0.1, 0.15) is 0 Å². The van der Waals surface area contributed by atoms with Crippen molar-refractivity contribution in [2.45, 2.75) is 32.0 Å².